The summed E-state index contributed by atoms with van der Waals surface area (Å²) in [5.41, 5.74) is 18.4. The predicted molar refractivity (Wildman–Crippen MR) is 289 cm³/mol. The monoisotopic (exact) mass is 873 g/mol. The minimum atomic E-state index is -0.111. The SMILES string of the molecule is CC(C)(C)c1ccc(N2c3cc(N(c4ccccc4)c4ccccc4)ccc3B3c4c2cc2sc5ccccc5c2c4-c2cccc4c5c6ccccc6ccc5n3c24)c(-c2ccccc2)c1. The van der Waals surface area contributed by atoms with Crippen molar-refractivity contribution in [3.8, 4) is 22.3 Å². The molecular weight excluding hydrogens is 830 g/mol. The lowest BCUT2D eigenvalue weighted by Crippen LogP contribution is -2.56. The van der Waals surface area contributed by atoms with Crippen molar-refractivity contribution in [2.75, 3.05) is 9.80 Å². The number of nitrogens with zero attached hydrogens (tertiary/aromatic N) is 3. The van der Waals surface area contributed by atoms with Gasteiger partial charge in [-0.25, -0.2) is 0 Å². The average Bonchev–Trinajstić information content (AvgIpc) is 3.92. The normalized spacial score (nSPS) is 12.9. The summed E-state index contributed by atoms with van der Waals surface area (Å²) < 4.78 is 5.32. The van der Waals surface area contributed by atoms with Crippen LogP contribution in [-0.2, 0) is 5.41 Å². The number of para-hydroxylation sites is 3. The maximum atomic E-state index is 2.71. The zero-order valence-corrected chi connectivity index (χ0v) is 38.4. The molecule has 2 aliphatic heterocycles. The molecule has 0 N–H and O–H groups in total. The van der Waals surface area contributed by atoms with E-state index in [9.17, 15) is 0 Å². The van der Waals surface area contributed by atoms with Gasteiger partial charge in [0.25, 0.3) is 0 Å². The van der Waals surface area contributed by atoms with Crippen molar-refractivity contribution in [3.63, 3.8) is 0 Å². The first-order chi connectivity index (χ1) is 32.9. The molecule has 0 fully saturated rings. The molecule has 316 valence electrons. The first kappa shape index (κ1) is 38.4. The number of fused-ring (bicyclic) bond motifs is 13. The van der Waals surface area contributed by atoms with Crippen molar-refractivity contribution in [2.45, 2.75) is 26.2 Å². The Hall–Kier alpha value is -7.86. The Kier molecular flexibility index (Phi) is 8.21. The molecule has 0 spiro atoms. The van der Waals surface area contributed by atoms with Crippen LogP contribution in [0.1, 0.15) is 26.3 Å². The summed E-state index contributed by atoms with van der Waals surface area (Å²) >= 11 is 1.91. The third-order valence-electron chi connectivity index (χ3n) is 14.5. The van der Waals surface area contributed by atoms with Gasteiger partial charge in [-0.05, 0) is 111 Å². The van der Waals surface area contributed by atoms with E-state index in [-0.39, 0.29) is 12.3 Å². The van der Waals surface area contributed by atoms with Gasteiger partial charge in [0.1, 0.15) is 0 Å². The van der Waals surface area contributed by atoms with Gasteiger partial charge in [-0.2, -0.15) is 0 Å². The van der Waals surface area contributed by atoms with E-state index in [1.807, 2.05) is 11.3 Å². The largest absolute Gasteiger partial charge is 0.375 e. The van der Waals surface area contributed by atoms with E-state index in [0.29, 0.717) is 0 Å². The number of hydrogen-bond acceptors (Lipinski definition) is 3. The van der Waals surface area contributed by atoms with Gasteiger partial charge >= 0.3 is 6.85 Å². The highest BCUT2D eigenvalue weighted by atomic mass is 32.1. The fourth-order valence-corrected chi connectivity index (χ4v) is 12.7. The molecule has 14 rings (SSSR count). The summed E-state index contributed by atoms with van der Waals surface area (Å²) in [4.78, 5) is 5.04. The van der Waals surface area contributed by atoms with Crippen molar-refractivity contribution in [2.24, 2.45) is 0 Å². The predicted octanol–water partition coefficient (Wildman–Crippen LogP) is 16.2. The molecule has 12 aromatic rings. The maximum Gasteiger partial charge on any atom is 0.333 e. The van der Waals surface area contributed by atoms with Crippen molar-refractivity contribution < 1.29 is 0 Å². The van der Waals surface area contributed by atoms with Crippen molar-refractivity contribution in [3.05, 3.63) is 218 Å². The van der Waals surface area contributed by atoms with Gasteiger partial charge in [0.05, 0.1) is 5.69 Å². The van der Waals surface area contributed by atoms with Gasteiger partial charge in [0.15, 0.2) is 0 Å². The molecule has 10 aromatic carbocycles. The lowest BCUT2D eigenvalue weighted by atomic mass is 9.45. The second-order valence-electron chi connectivity index (χ2n) is 19.2. The minimum Gasteiger partial charge on any atom is -0.375 e. The summed E-state index contributed by atoms with van der Waals surface area (Å²) in [5, 5.41) is 7.84. The Morgan fingerprint density at radius 1 is 0.478 bits per heavy atom. The van der Waals surface area contributed by atoms with Crippen LogP contribution in [0.25, 0.3) is 75.0 Å². The molecule has 0 amide bonds. The Labute approximate surface area is 394 Å². The molecule has 0 aliphatic carbocycles. The summed E-state index contributed by atoms with van der Waals surface area (Å²) in [6.07, 6.45) is 0. The van der Waals surface area contributed by atoms with Crippen molar-refractivity contribution >= 4 is 116 Å². The number of anilines is 6. The fourth-order valence-electron chi connectivity index (χ4n) is 11.5. The minimum absolute atomic E-state index is 0.0457. The van der Waals surface area contributed by atoms with Gasteiger partial charge in [0.2, 0.25) is 0 Å². The van der Waals surface area contributed by atoms with E-state index in [1.165, 1.54) is 103 Å². The lowest BCUT2D eigenvalue weighted by Gasteiger charge is -2.42. The number of benzene rings is 10. The molecule has 0 unspecified atom stereocenters. The third-order valence-corrected chi connectivity index (χ3v) is 15.6. The highest BCUT2D eigenvalue weighted by molar-refractivity contribution is 7.26. The molecule has 2 aliphatic rings. The van der Waals surface area contributed by atoms with E-state index in [0.717, 1.165) is 22.7 Å². The molecular formula is C62H44BN3S. The van der Waals surface area contributed by atoms with Gasteiger partial charge in [-0.3, -0.25) is 0 Å². The fraction of sp³-hybridized carbons (Fsp3) is 0.0645. The number of thiophene rings is 1. The smallest absolute Gasteiger partial charge is 0.333 e. The standard InChI is InChI=1S/C62H44BN3S/c1-62(2,3)41-31-35-51(49(36-41)39-18-7-4-8-19-39)65-53-37-44(64(42-21-9-5-10-22-42)43-23-11-6-12-24-43)32-33-50(53)63-60-54(65)38-56-58(46-26-15-16-29-55(46)67-56)59(60)48-28-17-27-47-57-45-25-14-13-20-40(45)30-34-52(57)66(63)61(47)48/h4-38H,1-3H3. The summed E-state index contributed by atoms with van der Waals surface area (Å²) in [7, 11) is 0. The Bertz CT molecular complexity index is 3940. The van der Waals surface area contributed by atoms with Crippen molar-refractivity contribution in [1.82, 2.24) is 4.48 Å². The molecule has 0 bridgehead atoms. The molecule has 0 atom stereocenters. The topological polar surface area (TPSA) is 11.4 Å². The molecule has 67 heavy (non-hydrogen) atoms. The maximum absolute atomic E-state index is 2.71. The zero-order chi connectivity index (χ0) is 44.5. The molecule has 0 saturated carbocycles. The molecule has 0 radical (unpaired) electrons. The highest BCUT2D eigenvalue weighted by Gasteiger charge is 2.45. The first-order valence-corrected chi connectivity index (χ1v) is 24.2. The van der Waals surface area contributed by atoms with Crippen LogP contribution in [0.4, 0.5) is 34.1 Å². The average molecular weight is 874 g/mol. The second-order valence-corrected chi connectivity index (χ2v) is 20.3. The lowest BCUT2D eigenvalue weighted by molar-refractivity contribution is 0.590. The molecule has 0 saturated heterocycles. The molecule has 5 heteroatoms. The van der Waals surface area contributed by atoms with Crippen molar-refractivity contribution in [1.29, 1.82) is 0 Å². The number of aromatic nitrogens is 1. The zero-order valence-electron chi connectivity index (χ0n) is 37.5. The van der Waals surface area contributed by atoms with Crippen LogP contribution in [-0.4, -0.2) is 11.3 Å². The van der Waals surface area contributed by atoms with E-state index >= 15 is 0 Å². The number of hydrogen-bond donors (Lipinski definition) is 0. The highest BCUT2D eigenvalue weighted by Crippen LogP contribution is 2.53. The van der Waals surface area contributed by atoms with E-state index in [2.05, 4.69) is 247 Å². The van der Waals surface area contributed by atoms with Gasteiger partial charge < -0.3 is 14.3 Å². The Morgan fingerprint density at radius 2 is 1.16 bits per heavy atom. The van der Waals surface area contributed by atoms with Crippen LogP contribution < -0.4 is 20.7 Å². The quantitative estimate of drug-likeness (QED) is 0.160. The van der Waals surface area contributed by atoms with Gasteiger partial charge in [0, 0.05) is 81.5 Å². The van der Waals surface area contributed by atoms with Crippen LogP contribution in [0.5, 0.6) is 0 Å². The van der Waals surface area contributed by atoms with E-state index in [4.69, 9.17) is 0 Å². The molecule has 2 aromatic heterocycles. The van der Waals surface area contributed by atoms with E-state index in [1.54, 1.807) is 0 Å². The van der Waals surface area contributed by atoms with Crippen LogP contribution in [0.3, 0.4) is 0 Å². The Balaban J connectivity index is 1.17. The third kappa shape index (κ3) is 5.59. The molecule has 4 heterocycles. The second kappa shape index (κ2) is 14.3. The summed E-state index contributed by atoms with van der Waals surface area (Å²) in [6.45, 7) is 6.85. The van der Waals surface area contributed by atoms with Crippen LogP contribution in [0, 0.1) is 0 Å². The molecule has 3 nitrogen and oxygen atoms in total. The summed E-state index contributed by atoms with van der Waals surface area (Å²) in [6, 6.07) is 79.4. The van der Waals surface area contributed by atoms with E-state index < -0.39 is 0 Å². The van der Waals surface area contributed by atoms with Crippen LogP contribution in [0.2, 0.25) is 0 Å². The number of rotatable bonds is 5. The summed E-state index contributed by atoms with van der Waals surface area (Å²) in [5.74, 6) is 0. The first-order valence-electron chi connectivity index (χ1n) is 23.4. The van der Waals surface area contributed by atoms with Crippen LogP contribution in [0.15, 0.2) is 212 Å². The Morgan fingerprint density at radius 3 is 1.93 bits per heavy atom. The van der Waals surface area contributed by atoms with Crippen LogP contribution >= 0.6 is 11.3 Å². The van der Waals surface area contributed by atoms with Gasteiger partial charge in [-0.1, -0.05) is 166 Å². The van der Waals surface area contributed by atoms with Gasteiger partial charge in [-0.15, -0.1) is 11.3 Å².